The van der Waals surface area contributed by atoms with Gasteiger partial charge in [0.1, 0.15) is 17.8 Å². The molecule has 27 heavy (non-hydrogen) atoms. The third kappa shape index (κ3) is 5.10. The third-order valence-corrected chi connectivity index (χ3v) is 4.17. The number of benzene rings is 1. The highest BCUT2D eigenvalue weighted by Crippen LogP contribution is 2.18. The van der Waals surface area contributed by atoms with Crippen LogP contribution in [-0.2, 0) is 13.1 Å². The van der Waals surface area contributed by atoms with Crippen molar-refractivity contribution in [2.45, 2.75) is 33.0 Å². The van der Waals surface area contributed by atoms with Crippen molar-refractivity contribution in [3.05, 3.63) is 84.1 Å². The van der Waals surface area contributed by atoms with E-state index >= 15 is 0 Å². The molecule has 0 spiro atoms. The molecular weight excluding hydrogens is 338 g/mol. The molecule has 1 N–H and O–H groups in total. The molecule has 3 rings (SSSR count). The quantitative estimate of drug-likeness (QED) is 0.700. The van der Waals surface area contributed by atoms with Gasteiger partial charge in [0.15, 0.2) is 0 Å². The first-order valence-electron chi connectivity index (χ1n) is 8.93. The van der Waals surface area contributed by atoms with Gasteiger partial charge in [-0.15, -0.1) is 0 Å². The minimum atomic E-state index is -0.231. The topological polar surface area (TPSA) is 71.0 Å². The minimum Gasteiger partial charge on any atom is -0.350 e. The number of anilines is 1. The number of hydrogen-bond acceptors (Lipinski definition) is 5. The molecule has 0 saturated carbocycles. The standard InChI is InChI=1S/C21H23N5O/c1-16(2)26(14-17-7-4-3-5-8-17)20-11-19(24-15-25-20)21(27)23-13-18-9-6-10-22-12-18/h3-12,15-16H,13-14H2,1-2H3,(H,23,27). The summed E-state index contributed by atoms with van der Waals surface area (Å²) in [6.07, 6.45) is 4.87. The molecule has 0 atom stereocenters. The first kappa shape index (κ1) is 18.5. The fourth-order valence-electron chi connectivity index (χ4n) is 2.71. The monoisotopic (exact) mass is 361 g/mol. The van der Waals surface area contributed by atoms with E-state index in [0.717, 1.165) is 11.4 Å². The molecule has 0 aliphatic carbocycles. The fraction of sp³-hybridized carbons (Fsp3) is 0.238. The summed E-state index contributed by atoms with van der Waals surface area (Å²) in [5, 5.41) is 2.87. The summed E-state index contributed by atoms with van der Waals surface area (Å²) in [7, 11) is 0. The Balaban J connectivity index is 1.73. The fourth-order valence-corrected chi connectivity index (χ4v) is 2.71. The molecule has 6 nitrogen and oxygen atoms in total. The maximum Gasteiger partial charge on any atom is 0.270 e. The Hall–Kier alpha value is -3.28. The average molecular weight is 361 g/mol. The molecule has 0 saturated heterocycles. The van der Waals surface area contributed by atoms with Crippen LogP contribution in [0.15, 0.2) is 67.3 Å². The number of aromatic nitrogens is 3. The number of amides is 1. The summed E-state index contributed by atoms with van der Waals surface area (Å²) in [6, 6.07) is 15.9. The van der Waals surface area contributed by atoms with Crippen molar-refractivity contribution in [2.75, 3.05) is 4.90 Å². The summed E-state index contributed by atoms with van der Waals surface area (Å²) in [4.78, 5) is 27.2. The number of carbonyl (C=O) groups is 1. The SMILES string of the molecule is CC(C)N(Cc1ccccc1)c1cc(C(=O)NCc2cccnc2)ncn1. The van der Waals surface area contributed by atoms with Gasteiger partial charge in [-0.1, -0.05) is 36.4 Å². The summed E-state index contributed by atoms with van der Waals surface area (Å²) in [5.74, 6) is 0.501. The molecule has 0 fully saturated rings. The predicted octanol–water partition coefficient (Wildman–Crippen LogP) is 3.22. The van der Waals surface area contributed by atoms with E-state index in [1.165, 1.54) is 11.9 Å². The Kier molecular flexibility index (Phi) is 6.10. The van der Waals surface area contributed by atoms with Crippen molar-refractivity contribution in [1.82, 2.24) is 20.3 Å². The second-order valence-electron chi connectivity index (χ2n) is 6.51. The van der Waals surface area contributed by atoms with Crippen LogP contribution in [0, 0.1) is 0 Å². The Bertz CT molecular complexity index is 868. The molecule has 6 heteroatoms. The van der Waals surface area contributed by atoms with Crippen molar-refractivity contribution in [2.24, 2.45) is 0 Å². The van der Waals surface area contributed by atoms with Crippen LogP contribution in [0.5, 0.6) is 0 Å². The lowest BCUT2D eigenvalue weighted by atomic mass is 10.2. The van der Waals surface area contributed by atoms with Gasteiger partial charge in [-0.05, 0) is 31.0 Å². The highest BCUT2D eigenvalue weighted by Gasteiger charge is 2.16. The Morgan fingerprint density at radius 2 is 1.85 bits per heavy atom. The molecule has 0 unspecified atom stereocenters. The molecule has 2 heterocycles. The lowest BCUT2D eigenvalue weighted by molar-refractivity contribution is 0.0945. The maximum absolute atomic E-state index is 12.5. The van der Waals surface area contributed by atoms with Crippen molar-refractivity contribution >= 4 is 11.7 Å². The first-order chi connectivity index (χ1) is 13.1. The largest absolute Gasteiger partial charge is 0.350 e. The lowest BCUT2D eigenvalue weighted by Crippen LogP contribution is -2.31. The smallest absolute Gasteiger partial charge is 0.270 e. The normalized spacial score (nSPS) is 10.6. The number of nitrogens with one attached hydrogen (secondary N) is 1. The molecule has 0 radical (unpaired) electrons. The summed E-state index contributed by atoms with van der Waals surface area (Å²) >= 11 is 0. The number of nitrogens with zero attached hydrogens (tertiary/aromatic N) is 4. The van der Waals surface area contributed by atoms with E-state index in [1.54, 1.807) is 18.5 Å². The predicted molar refractivity (Wildman–Crippen MR) is 105 cm³/mol. The molecule has 3 aromatic rings. The molecule has 0 bridgehead atoms. The van der Waals surface area contributed by atoms with Crippen molar-refractivity contribution in [3.8, 4) is 0 Å². The van der Waals surface area contributed by atoms with Gasteiger partial charge >= 0.3 is 0 Å². The van der Waals surface area contributed by atoms with Crippen LogP contribution in [-0.4, -0.2) is 26.9 Å². The number of rotatable bonds is 7. The van der Waals surface area contributed by atoms with Gasteiger partial charge < -0.3 is 10.2 Å². The van der Waals surface area contributed by atoms with Crippen LogP contribution in [0.4, 0.5) is 5.82 Å². The molecule has 2 aromatic heterocycles. The van der Waals surface area contributed by atoms with Gasteiger partial charge in [0.25, 0.3) is 5.91 Å². The molecule has 0 aliphatic rings. The van der Waals surface area contributed by atoms with E-state index in [4.69, 9.17) is 0 Å². The Morgan fingerprint density at radius 3 is 2.56 bits per heavy atom. The number of pyridine rings is 1. The van der Waals surface area contributed by atoms with Gasteiger partial charge in [-0.3, -0.25) is 9.78 Å². The van der Waals surface area contributed by atoms with Crippen molar-refractivity contribution < 1.29 is 4.79 Å². The molecule has 1 amide bonds. The summed E-state index contributed by atoms with van der Waals surface area (Å²) in [6.45, 7) is 5.33. The molecule has 0 aliphatic heterocycles. The Morgan fingerprint density at radius 1 is 1.07 bits per heavy atom. The highest BCUT2D eigenvalue weighted by molar-refractivity contribution is 5.92. The van der Waals surface area contributed by atoms with Crippen LogP contribution in [0.1, 0.15) is 35.5 Å². The van der Waals surface area contributed by atoms with E-state index in [9.17, 15) is 4.79 Å². The van der Waals surface area contributed by atoms with Gasteiger partial charge in [-0.25, -0.2) is 9.97 Å². The zero-order valence-electron chi connectivity index (χ0n) is 15.5. The second kappa shape index (κ2) is 8.89. The molecular formula is C21H23N5O. The van der Waals surface area contributed by atoms with E-state index in [1.807, 2.05) is 30.3 Å². The lowest BCUT2D eigenvalue weighted by Gasteiger charge is -2.28. The minimum absolute atomic E-state index is 0.228. The van der Waals surface area contributed by atoms with Crippen molar-refractivity contribution in [3.63, 3.8) is 0 Å². The van der Waals surface area contributed by atoms with Crippen LogP contribution < -0.4 is 10.2 Å². The van der Waals surface area contributed by atoms with Gasteiger partial charge in [0, 0.05) is 37.6 Å². The third-order valence-electron chi connectivity index (χ3n) is 4.17. The maximum atomic E-state index is 12.5. The van der Waals surface area contributed by atoms with Crippen LogP contribution in [0.25, 0.3) is 0 Å². The van der Waals surface area contributed by atoms with Crippen LogP contribution >= 0.6 is 0 Å². The van der Waals surface area contributed by atoms with Gasteiger partial charge in [0.05, 0.1) is 0 Å². The number of hydrogen-bond donors (Lipinski definition) is 1. The van der Waals surface area contributed by atoms with Crippen molar-refractivity contribution in [1.29, 1.82) is 0 Å². The van der Waals surface area contributed by atoms with Crippen LogP contribution in [0.3, 0.4) is 0 Å². The number of carbonyl (C=O) groups excluding carboxylic acids is 1. The molecule has 138 valence electrons. The summed E-state index contributed by atoms with van der Waals surface area (Å²) < 4.78 is 0. The first-order valence-corrected chi connectivity index (χ1v) is 8.93. The van der Waals surface area contributed by atoms with Gasteiger partial charge in [0.2, 0.25) is 0 Å². The average Bonchev–Trinajstić information content (AvgIpc) is 2.71. The second-order valence-corrected chi connectivity index (χ2v) is 6.51. The summed E-state index contributed by atoms with van der Waals surface area (Å²) in [5.41, 5.74) is 2.48. The Labute approximate surface area is 159 Å². The van der Waals surface area contributed by atoms with E-state index in [0.29, 0.717) is 18.8 Å². The van der Waals surface area contributed by atoms with E-state index < -0.39 is 0 Å². The zero-order chi connectivity index (χ0) is 19.1. The zero-order valence-corrected chi connectivity index (χ0v) is 15.5. The molecule has 1 aromatic carbocycles. The van der Waals surface area contributed by atoms with E-state index in [2.05, 4.69) is 51.1 Å². The van der Waals surface area contributed by atoms with Crippen LogP contribution in [0.2, 0.25) is 0 Å². The highest BCUT2D eigenvalue weighted by atomic mass is 16.1. The van der Waals surface area contributed by atoms with E-state index in [-0.39, 0.29) is 11.9 Å². The van der Waals surface area contributed by atoms with Gasteiger partial charge in [-0.2, -0.15) is 0 Å².